The van der Waals surface area contributed by atoms with Gasteiger partial charge in [0.25, 0.3) is 0 Å². The Kier molecular flexibility index (Phi) is 4.42. The van der Waals surface area contributed by atoms with Crippen molar-refractivity contribution in [1.29, 1.82) is 0 Å². The van der Waals surface area contributed by atoms with Crippen LogP contribution in [-0.4, -0.2) is 41.6 Å². The lowest BCUT2D eigenvalue weighted by Gasteiger charge is -2.37. The fourth-order valence-corrected chi connectivity index (χ4v) is 5.77. The van der Waals surface area contributed by atoms with Crippen molar-refractivity contribution in [3.8, 4) is 0 Å². The summed E-state index contributed by atoms with van der Waals surface area (Å²) in [6.45, 7) is 3.42. The monoisotopic (exact) mass is 407 g/mol. The molecule has 6 heteroatoms. The van der Waals surface area contributed by atoms with Gasteiger partial charge >= 0.3 is 5.97 Å². The summed E-state index contributed by atoms with van der Waals surface area (Å²) in [6, 6.07) is 5.56. The number of esters is 1. The lowest BCUT2D eigenvalue weighted by molar-refractivity contribution is -0.145. The number of allylic oxidation sites excluding steroid dienone is 2. The van der Waals surface area contributed by atoms with Crippen molar-refractivity contribution in [1.82, 2.24) is 4.90 Å². The SMILES string of the molecule is Cc1ccc(C)c(C(=O)COC(=O)CCN2C(=O)[C@@H]3[C@H]4C=C[C@H]([C@H]5C[C@H]45)[C@@H]3C2=O)c1. The van der Waals surface area contributed by atoms with E-state index in [2.05, 4.69) is 12.2 Å². The average Bonchev–Trinajstić information content (AvgIpc) is 3.51. The second kappa shape index (κ2) is 6.89. The molecule has 2 saturated carbocycles. The number of ether oxygens (including phenoxy) is 1. The van der Waals surface area contributed by atoms with Gasteiger partial charge in [0.05, 0.1) is 18.3 Å². The largest absolute Gasteiger partial charge is 0.457 e. The molecule has 4 aliphatic carbocycles. The Hall–Kier alpha value is -2.76. The van der Waals surface area contributed by atoms with E-state index in [1.165, 1.54) is 4.90 Å². The molecule has 6 atom stereocenters. The topological polar surface area (TPSA) is 80.8 Å². The number of carbonyl (C=O) groups is 4. The lowest BCUT2D eigenvalue weighted by atomic mass is 9.63. The third kappa shape index (κ3) is 2.92. The Labute approximate surface area is 175 Å². The number of imide groups is 1. The van der Waals surface area contributed by atoms with Gasteiger partial charge in [-0.05, 0) is 55.6 Å². The van der Waals surface area contributed by atoms with Gasteiger partial charge in [0.15, 0.2) is 6.61 Å². The molecule has 2 bridgehead atoms. The number of likely N-dealkylation sites (tertiary alicyclic amines) is 1. The molecule has 6 nitrogen and oxygen atoms in total. The van der Waals surface area contributed by atoms with Gasteiger partial charge in [-0.25, -0.2) is 0 Å². The highest BCUT2D eigenvalue weighted by Gasteiger charge is 2.66. The van der Waals surface area contributed by atoms with Crippen molar-refractivity contribution in [2.75, 3.05) is 13.2 Å². The van der Waals surface area contributed by atoms with E-state index in [0.717, 1.165) is 17.5 Å². The molecular weight excluding hydrogens is 382 g/mol. The van der Waals surface area contributed by atoms with Gasteiger partial charge in [-0.1, -0.05) is 29.8 Å². The Balaban J connectivity index is 1.17. The van der Waals surface area contributed by atoms with E-state index < -0.39 is 5.97 Å². The van der Waals surface area contributed by atoms with Gasteiger partial charge < -0.3 is 4.74 Å². The molecule has 1 aliphatic heterocycles. The molecule has 0 aromatic heterocycles. The number of ketones is 1. The summed E-state index contributed by atoms with van der Waals surface area (Å²) in [4.78, 5) is 51.6. The number of carbonyl (C=O) groups excluding carboxylic acids is 4. The number of nitrogens with zero attached hydrogens (tertiary/aromatic N) is 1. The quantitative estimate of drug-likeness (QED) is 0.313. The van der Waals surface area contributed by atoms with Crippen molar-refractivity contribution in [2.24, 2.45) is 35.5 Å². The van der Waals surface area contributed by atoms with E-state index in [-0.39, 0.29) is 60.8 Å². The summed E-state index contributed by atoms with van der Waals surface area (Å²) in [5.74, 6) is -0.168. The van der Waals surface area contributed by atoms with E-state index >= 15 is 0 Å². The number of hydrogen-bond donors (Lipinski definition) is 0. The Bertz CT molecular complexity index is 959. The maximum atomic E-state index is 12.9. The summed E-state index contributed by atoms with van der Waals surface area (Å²) >= 11 is 0. The molecule has 0 N–H and O–H groups in total. The maximum Gasteiger partial charge on any atom is 0.308 e. The lowest BCUT2D eigenvalue weighted by Crippen LogP contribution is -2.40. The zero-order chi connectivity index (χ0) is 21.2. The number of aryl methyl sites for hydroxylation is 2. The number of benzene rings is 1. The van der Waals surface area contributed by atoms with Crippen LogP contribution in [-0.2, 0) is 19.1 Å². The molecule has 3 fully saturated rings. The van der Waals surface area contributed by atoms with Gasteiger partial charge in [0.1, 0.15) is 0 Å². The summed E-state index contributed by atoms with van der Waals surface area (Å²) in [5.41, 5.74) is 2.33. The zero-order valence-corrected chi connectivity index (χ0v) is 17.2. The molecule has 0 spiro atoms. The predicted octanol–water partition coefficient (Wildman–Crippen LogP) is 2.47. The number of Topliss-reactive ketones (excluding diaryl/α,β-unsaturated/α-hetero) is 1. The molecule has 30 heavy (non-hydrogen) atoms. The first-order valence-electron chi connectivity index (χ1n) is 10.7. The fraction of sp³-hybridized carbons (Fsp3) is 0.500. The molecular formula is C24H25NO5. The van der Waals surface area contributed by atoms with Crippen LogP contribution in [0.3, 0.4) is 0 Å². The molecule has 1 aromatic carbocycles. The fourth-order valence-electron chi connectivity index (χ4n) is 5.77. The van der Waals surface area contributed by atoms with Crippen molar-refractivity contribution >= 4 is 23.6 Å². The minimum Gasteiger partial charge on any atom is -0.457 e. The van der Waals surface area contributed by atoms with Crippen LogP contribution in [0.5, 0.6) is 0 Å². The van der Waals surface area contributed by atoms with Crippen molar-refractivity contribution in [3.05, 3.63) is 47.0 Å². The Morgan fingerprint density at radius 1 is 1.03 bits per heavy atom. The highest BCUT2D eigenvalue weighted by Crippen LogP contribution is 2.65. The second-order valence-electron chi connectivity index (χ2n) is 9.13. The van der Waals surface area contributed by atoms with Crippen LogP contribution in [0.25, 0.3) is 0 Å². The van der Waals surface area contributed by atoms with Crippen molar-refractivity contribution in [2.45, 2.75) is 26.7 Å². The molecule has 5 aliphatic rings. The molecule has 6 rings (SSSR count). The van der Waals surface area contributed by atoms with Crippen LogP contribution < -0.4 is 0 Å². The Morgan fingerprint density at radius 2 is 1.67 bits per heavy atom. The standard InChI is InChI=1S/C24H25NO5/c1-12-3-4-13(2)16(9-12)19(26)11-30-20(27)7-8-25-23(28)21-14-5-6-15(18-10-17(14)18)22(21)24(25)29/h3-6,9,14-15,17-18,21-22H,7-8,10-11H2,1-2H3/t14-,15+,17-,18-,21+,22-/m1/s1. The average molecular weight is 407 g/mol. The minimum atomic E-state index is -0.576. The van der Waals surface area contributed by atoms with E-state index in [1.54, 1.807) is 6.07 Å². The van der Waals surface area contributed by atoms with Crippen LogP contribution in [0.1, 0.15) is 34.3 Å². The van der Waals surface area contributed by atoms with Gasteiger partial charge in [0, 0.05) is 12.1 Å². The van der Waals surface area contributed by atoms with Gasteiger partial charge in [-0.2, -0.15) is 0 Å². The van der Waals surface area contributed by atoms with Crippen molar-refractivity contribution in [3.63, 3.8) is 0 Å². The normalized spacial score (nSPS) is 32.8. The first-order chi connectivity index (χ1) is 14.4. The van der Waals surface area contributed by atoms with Crippen LogP contribution in [0, 0.1) is 49.4 Å². The molecule has 0 radical (unpaired) electrons. The molecule has 0 unspecified atom stereocenters. The van der Waals surface area contributed by atoms with E-state index in [4.69, 9.17) is 4.74 Å². The third-order valence-electron chi connectivity index (χ3n) is 7.35. The molecule has 1 saturated heterocycles. The summed E-state index contributed by atoms with van der Waals surface area (Å²) in [5, 5.41) is 0. The number of amides is 2. The number of hydrogen-bond acceptors (Lipinski definition) is 5. The van der Waals surface area contributed by atoms with Gasteiger partial charge in [-0.15, -0.1) is 0 Å². The minimum absolute atomic E-state index is 0.0237. The van der Waals surface area contributed by atoms with E-state index in [0.29, 0.717) is 17.4 Å². The highest BCUT2D eigenvalue weighted by atomic mass is 16.5. The molecule has 1 aromatic rings. The van der Waals surface area contributed by atoms with Crippen LogP contribution in [0.2, 0.25) is 0 Å². The van der Waals surface area contributed by atoms with Gasteiger partial charge in [-0.3, -0.25) is 24.1 Å². The van der Waals surface area contributed by atoms with Crippen molar-refractivity contribution < 1.29 is 23.9 Å². The second-order valence-corrected chi connectivity index (χ2v) is 9.13. The van der Waals surface area contributed by atoms with Crippen LogP contribution in [0.4, 0.5) is 0 Å². The first kappa shape index (κ1) is 19.2. The van der Waals surface area contributed by atoms with E-state index in [1.807, 2.05) is 26.0 Å². The Morgan fingerprint density at radius 3 is 2.30 bits per heavy atom. The first-order valence-corrected chi connectivity index (χ1v) is 10.7. The summed E-state index contributed by atoms with van der Waals surface area (Å²) < 4.78 is 5.13. The third-order valence-corrected chi connectivity index (χ3v) is 7.35. The number of rotatable bonds is 6. The van der Waals surface area contributed by atoms with Crippen LogP contribution in [0.15, 0.2) is 30.4 Å². The van der Waals surface area contributed by atoms with E-state index in [9.17, 15) is 19.2 Å². The summed E-state index contributed by atoms with van der Waals surface area (Å²) in [6.07, 6.45) is 5.28. The smallest absolute Gasteiger partial charge is 0.308 e. The molecule has 2 amide bonds. The van der Waals surface area contributed by atoms with Crippen LogP contribution >= 0.6 is 0 Å². The highest BCUT2D eigenvalue weighted by molar-refractivity contribution is 6.06. The molecule has 1 heterocycles. The maximum absolute atomic E-state index is 12.9. The predicted molar refractivity (Wildman–Crippen MR) is 107 cm³/mol. The summed E-state index contributed by atoms with van der Waals surface area (Å²) in [7, 11) is 0. The molecule has 156 valence electrons. The van der Waals surface area contributed by atoms with Gasteiger partial charge in [0.2, 0.25) is 17.6 Å². The zero-order valence-electron chi connectivity index (χ0n) is 17.2.